The van der Waals surface area contributed by atoms with Crippen molar-refractivity contribution in [2.45, 2.75) is 19.8 Å². The van der Waals surface area contributed by atoms with Crippen molar-refractivity contribution in [3.63, 3.8) is 0 Å². The van der Waals surface area contributed by atoms with Crippen molar-refractivity contribution >= 4 is 11.6 Å². The van der Waals surface area contributed by atoms with E-state index in [1.54, 1.807) is 13.2 Å². The lowest BCUT2D eigenvalue weighted by atomic mass is 10.1. The summed E-state index contributed by atoms with van der Waals surface area (Å²) in [5.41, 5.74) is 2.14. The molecule has 0 spiro atoms. The Morgan fingerprint density at radius 3 is 2.60 bits per heavy atom. The van der Waals surface area contributed by atoms with E-state index in [2.05, 4.69) is 5.32 Å². The van der Waals surface area contributed by atoms with Crippen LogP contribution in [0.2, 0.25) is 0 Å². The fourth-order valence-corrected chi connectivity index (χ4v) is 2.25. The second kappa shape index (κ2) is 9.13. The number of anilines is 1. The molecule has 134 valence electrons. The molecule has 25 heavy (non-hydrogen) atoms. The van der Waals surface area contributed by atoms with Crippen LogP contribution in [0.1, 0.15) is 17.5 Å². The SMILES string of the molecule is COCCOc1cc(C)ccc1NC(=O)CCc1ccc(F)c(F)c1. The van der Waals surface area contributed by atoms with Gasteiger partial charge in [-0.15, -0.1) is 0 Å². The predicted octanol–water partition coefficient (Wildman–Crippen LogP) is 3.87. The number of halogens is 2. The average Bonchev–Trinajstić information content (AvgIpc) is 2.58. The van der Waals surface area contributed by atoms with Gasteiger partial charge >= 0.3 is 0 Å². The number of hydrogen-bond donors (Lipinski definition) is 1. The van der Waals surface area contributed by atoms with Crippen LogP contribution in [0.15, 0.2) is 36.4 Å². The zero-order valence-corrected chi connectivity index (χ0v) is 14.3. The summed E-state index contributed by atoms with van der Waals surface area (Å²) in [6.07, 6.45) is 0.464. The van der Waals surface area contributed by atoms with Crippen molar-refractivity contribution in [3.05, 3.63) is 59.2 Å². The van der Waals surface area contributed by atoms with Crippen molar-refractivity contribution < 1.29 is 23.0 Å². The van der Waals surface area contributed by atoms with E-state index in [9.17, 15) is 13.6 Å². The van der Waals surface area contributed by atoms with Crippen LogP contribution in [0, 0.1) is 18.6 Å². The number of ether oxygens (including phenoxy) is 2. The minimum atomic E-state index is -0.912. The molecule has 0 aliphatic carbocycles. The van der Waals surface area contributed by atoms with Crippen molar-refractivity contribution in [2.75, 3.05) is 25.6 Å². The summed E-state index contributed by atoms with van der Waals surface area (Å²) in [7, 11) is 1.58. The van der Waals surface area contributed by atoms with E-state index >= 15 is 0 Å². The summed E-state index contributed by atoms with van der Waals surface area (Å²) in [6.45, 7) is 2.74. The van der Waals surface area contributed by atoms with Crippen molar-refractivity contribution in [1.29, 1.82) is 0 Å². The molecule has 2 aromatic rings. The van der Waals surface area contributed by atoms with Gasteiger partial charge in [-0.05, 0) is 48.7 Å². The molecule has 6 heteroatoms. The Morgan fingerprint density at radius 1 is 1.08 bits per heavy atom. The standard InChI is InChI=1S/C19H21F2NO3/c1-13-3-7-17(18(11-13)25-10-9-24-2)22-19(23)8-5-14-4-6-15(20)16(21)12-14/h3-4,6-7,11-12H,5,8-10H2,1-2H3,(H,22,23). The zero-order valence-electron chi connectivity index (χ0n) is 14.3. The van der Waals surface area contributed by atoms with E-state index < -0.39 is 11.6 Å². The quantitative estimate of drug-likeness (QED) is 0.736. The van der Waals surface area contributed by atoms with Crippen LogP contribution < -0.4 is 10.1 Å². The molecule has 0 heterocycles. The van der Waals surface area contributed by atoms with Gasteiger partial charge in [0.05, 0.1) is 12.3 Å². The Balaban J connectivity index is 1.96. The van der Waals surface area contributed by atoms with E-state index in [1.165, 1.54) is 6.07 Å². The van der Waals surface area contributed by atoms with Crippen molar-refractivity contribution in [1.82, 2.24) is 0 Å². The molecule has 0 saturated carbocycles. The van der Waals surface area contributed by atoms with Crippen molar-refractivity contribution in [3.8, 4) is 5.75 Å². The van der Waals surface area contributed by atoms with Crippen LogP contribution in [0.25, 0.3) is 0 Å². The van der Waals surface area contributed by atoms with Gasteiger partial charge in [-0.3, -0.25) is 4.79 Å². The predicted molar refractivity (Wildman–Crippen MR) is 91.9 cm³/mol. The van der Waals surface area contributed by atoms with Gasteiger partial charge in [0.2, 0.25) is 5.91 Å². The number of aryl methyl sites for hydroxylation is 2. The molecule has 0 radical (unpaired) electrons. The lowest BCUT2D eigenvalue weighted by molar-refractivity contribution is -0.116. The molecule has 2 aromatic carbocycles. The van der Waals surface area contributed by atoms with Gasteiger partial charge in [0, 0.05) is 13.5 Å². The number of rotatable bonds is 8. The van der Waals surface area contributed by atoms with Crippen LogP contribution >= 0.6 is 0 Å². The summed E-state index contributed by atoms with van der Waals surface area (Å²) in [6, 6.07) is 9.11. The summed E-state index contributed by atoms with van der Waals surface area (Å²) in [4.78, 5) is 12.1. The number of amides is 1. The smallest absolute Gasteiger partial charge is 0.224 e. The molecule has 0 unspecified atom stereocenters. The lowest BCUT2D eigenvalue weighted by Gasteiger charge is -2.13. The summed E-state index contributed by atoms with van der Waals surface area (Å²) in [5, 5.41) is 2.79. The molecule has 0 aliphatic rings. The molecular weight excluding hydrogens is 328 g/mol. The molecule has 0 aromatic heterocycles. The number of hydrogen-bond acceptors (Lipinski definition) is 3. The first kappa shape index (κ1) is 18.9. The van der Waals surface area contributed by atoms with Gasteiger partial charge in [-0.25, -0.2) is 8.78 Å². The first-order valence-corrected chi connectivity index (χ1v) is 7.95. The van der Waals surface area contributed by atoms with E-state index in [0.717, 1.165) is 17.7 Å². The molecule has 1 N–H and O–H groups in total. The Morgan fingerprint density at radius 2 is 1.88 bits per heavy atom. The molecule has 1 amide bonds. The third-order valence-corrected chi connectivity index (χ3v) is 3.58. The van der Waals surface area contributed by atoms with Crippen LogP contribution in [-0.4, -0.2) is 26.2 Å². The monoisotopic (exact) mass is 349 g/mol. The fourth-order valence-electron chi connectivity index (χ4n) is 2.25. The normalized spacial score (nSPS) is 10.6. The highest BCUT2D eigenvalue weighted by Crippen LogP contribution is 2.26. The van der Waals surface area contributed by atoms with Crippen LogP contribution in [0.3, 0.4) is 0 Å². The maximum atomic E-state index is 13.2. The second-order valence-corrected chi connectivity index (χ2v) is 5.64. The van der Waals surface area contributed by atoms with E-state index in [1.807, 2.05) is 19.1 Å². The molecular formula is C19H21F2NO3. The van der Waals surface area contributed by atoms with Gasteiger partial charge in [-0.2, -0.15) is 0 Å². The Hall–Kier alpha value is -2.47. The van der Waals surface area contributed by atoms with Crippen LogP contribution in [0.4, 0.5) is 14.5 Å². The molecule has 0 saturated heterocycles. The maximum absolute atomic E-state index is 13.2. The zero-order chi connectivity index (χ0) is 18.2. The Bertz CT molecular complexity index is 735. The number of carbonyl (C=O) groups is 1. The number of benzene rings is 2. The molecule has 0 aliphatic heterocycles. The number of methoxy groups -OCH3 is 1. The van der Waals surface area contributed by atoms with Gasteiger partial charge in [0.25, 0.3) is 0 Å². The van der Waals surface area contributed by atoms with Crippen LogP contribution in [-0.2, 0) is 16.0 Å². The van der Waals surface area contributed by atoms with Crippen LogP contribution in [0.5, 0.6) is 5.75 Å². The summed E-state index contributed by atoms with van der Waals surface area (Å²) in [5.74, 6) is -1.47. The Labute approximate surface area is 145 Å². The summed E-state index contributed by atoms with van der Waals surface area (Å²) < 4.78 is 36.7. The first-order chi connectivity index (χ1) is 12.0. The number of nitrogens with one attached hydrogen (secondary N) is 1. The van der Waals surface area contributed by atoms with Crippen molar-refractivity contribution in [2.24, 2.45) is 0 Å². The van der Waals surface area contributed by atoms with E-state index in [-0.39, 0.29) is 12.3 Å². The minimum absolute atomic E-state index is 0.149. The minimum Gasteiger partial charge on any atom is -0.489 e. The summed E-state index contributed by atoms with van der Waals surface area (Å²) >= 11 is 0. The van der Waals surface area contributed by atoms with E-state index in [4.69, 9.17) is 9.47 Å². The molecule has 0 fully saturated rings. The average molecular weight is 349 g/mol. The molecule has 4 nitrogen and oxygen atoms in total. The molecule has 2 rings (SSSR count). The van der Waals surface area contributed by atoms with Gasteiger partial charge in [0.15, 0.2) is 11.6 Å². The Kier molecular flexibility index (Phi) is 6.89. The first-order valence-electron chi connectivity index (χ1n) is 7.95. The fraction of sp³-hybridized carbons (Fsp3) is 0.316. The third-order valence-electron chi connectivity index (χ3n) is 3.58. The third kappa shape index (κ3) is 5.83. The number of carbonyl (C=O) groups excluding carboxylic acids is 1. The largest absolute Gasteiger partial charge is 0.489 e. The highest BCUT2D eigenvalue weighted by Gasteiger charge is 2.10. The van der Waals surface area contributed by atoms with Gasteiger partial charge in [-0.1, -0.05) is 12.1 Å². The highest BCUT2D eigenvalue weighted by molar-refractivity contribution is 5.92. The molecule has 0 bridgehead atoms. The molecule has 0 atom stereocenters. The highest BCUT2D eigenvalue weighted by atomic mass is 19.2. The lowest BCUT2D eigenvalue weighted by Crippen LogP contribution is -2.14. The van der Waals surface area contributed by atoms with E-state index in [0.29, 0.717) is 36.6 Å². The van der Waals surface area contributed by atoms with Gasteiger partial charge in [0.1, 0.15) is 12.4 Å². The van der Waals surface area contributed by atoms with Gasteiger partial charge < -0.3 is 14.8 Å². The second-order valence-electron chi connectivity index (χ2n) is 5.64. The maximum Gasteiger partial charge on any atom is 0.224 e. The topological polar surface area (TPSA) is 47.6 Å².